The Bertz CT molecular complexity index is 1160. The predicted molar refractivity (Wildman–Crippen MR) is 128 cm³/mol. The highest BCUT2D eigenvalue weighted by Gasteiger charge is 2.31. The normalized spacial score (nSPS) is 14.3. The van der Waals surface area contributed by atoms with E-state index in [0.29, 0.717) is 17.1 Å². The van der Waals surface area contributed by atoms with E-state index in [-0.39, 0.29) is 17.8 Å². The van der Waals surface area contributed by atoms with Gasteiger partial charge in [-0.1, -0.05) is 48.0 Å². The van der Waals surface area contributed by atoms with Gasteiger partial charge in [0.1, 0.15) is 5.60 Å². The average Bonchev–Trinajstić information content (AvgIpc) is 3.09. The minimum Gasteiger partial charge on any atom is -0.460 e. The second-order valence-corrected chi connectivity index (χ2v) is 9.51. The highest BCUT2D eigenvalue weighted by molar-refractivity contribution is 6.30. The number of fused-ring (bicyclic) bond motifs is 1. The largest absolute Gasteiger partial charge is 0.460 e. The zero-order valence-electron chi connectivity index (χ0n) is 18.7. The number of ether oxygens (including phenoxy) is 1. The first-order chi connectivity index (χ1) is 15.1. The minimum atomic E-state index is -0.527. The summed E-state index contributed by atoms with van der Waals surface area (Å²) in [5.74, 6) is -0.669. The first kappa shape index (κ1) is 22.1. The van der Waals surface area contributed by atoms with E-state index in [9.17, 15) is 9.59 Å². The van der Waals surface area contributed by atoms with Crippen LogP contribution >= 0.6 is 11.6 Å². The summed E-state index contributed by atoms with van der Waals surface area (Å²) < 4.78 is 5.49. The van der Waals surface area contributed by atoms with E-state index in [1.165, 1.54) is 0 Å². The molecule has 0 fully saturated rings. The molecule has 3 aromatic rings. The van der Waals surface area contributed by atoms with Gasteiger partial charge >= 0.3 is 5.97 Å². The summed E-state index contributed by atoms with van der Waals surface area (Å²) in [7, 11) is 0. The monoisotopic (exact) mass is 447 g/mol. The number of benzene rings is 3. The molecule has 0 bridgehead atoms. The Morgan fingerprint density at radius 2 is 1.59 bits per heavy atom. The number of anilines is 1. The van der Waals surface area contributed by atoms with Crippen LogP contribution in [0.1, 0.15) is 55.1 Å². The van der Waals surface area contributed by atoms with Crippen LogP contribution < -0.4 is 4.90 Å². The molecule has 164 valence electrons. The number of esters is 1. The van der Waals surface area contributed by atoms with Crippen LogP contribution in [0.25, 0.3) is 11.1 Å². The van der Waals surface area contributed by atoms with Gasteiger partial charge in [0.25, 0.3) is 5.91 Å². The number of amides is 1. The summed E-state index contributed by atoms with van der Waals surface area (Å²) in [5, 5.41) is 0.680. The van der Waals surface area contributed by atoms with Crippen LogP contribution in [0.5, 0.6) is 0 Å². The maximum Gasteiger partial charge on any atom is 0.313 e. The van der Waals surface area contributed by atoms with Crippen LogP contribution in [0.2, 0.25) is 5.02 Å². The second kappa shape index (κ2) is 8.44. The molecule has 5 heteroatoms. The standard InChI is InChI=1S/C27H26ClNO3/c1-17(26(31)32-27(2,3)4)18-10-14-21(15-11-18)29-16-24-22(6-5-7-23(24)25(29)30)19-8-12-20(28)13-9-19/h5-15,17H,16H2,1-4H3. The first-order valence-electron chi connectivity index (χ1n) is 10.7. The smallest absolute Gasteiger partial charge is 0.313 e. The highest BCUT2D eigenvalue weighted by atomic mass is 35.5. The molecule has 1 aliphatic heterocycles. The van der Waals surface area contributed by atoms with E-state index in [1.807, 2.05) is 94.4 Å². The quantitative estimate of drug-likeness (QED) is 0.422. The zero-order valence-corrected chi connectivity index (χ0v) is 19.4. The maximum atomic E-state index is 13.1. The minimum absolute atomic E-state index is 0.0243. The van der Waals surface area contributed by atoms with Gasteiger partial charge < -0.3 is 9.64 Å². The number of hydrogen-bond donors (Lipinski definition) is 0. The lowest BCUT2D eigenvalue weighted by Crippen LogP contribution is -2.27. The van der Waals surface area contributed by atoms with Gasteiger partial charge in [-0.2, -0.15) is 0 Å². The molecule has 0 radical (unpaired) electrons. The zero-order chi connectivity index (χ0) is 23.0. The van der Waals surface area contributed by atoms with Crippen molar-refractivity contribution in [3.63, 3.8) is 0 Å². The Labute approximate surface area is 193 Å². The summed E-state index contributed by atoms with van der Waals surface area (Å²) >= 11 is 6.04. The topological polar surface area (TPSA) is 46.6 Å². The molecule has 0 saturated heterocycles. The van der Waals surface area contributed by atoms with E-state index in [2.05, 4.69) is 0 Å². The third-order valence-electron chi connectivity index (χ3n) is 5.59. The molecule has 1 amide bonds. The molecule has 1 atom stereocenters. The van der Waals surface area contributed by atoms with Crippen LogP contribution in [0, 0.1) is 0 Å². The van der Waals surface area contributed by atoms with Crippen molar-refractivity contribution in [3.05, 3.63) is 88.4 Å². The fourth-order valence-electron chi connectivity index (χ4n) is 3.91. The highest BCUT2D eigenvalue weighted by Crippen LogP contribution is 2.36. The molecule has 0 spiro atoms. The van der Waals surface area contributed by atoms with E-state index in [4.69, 9.17) is 16.3 Å². The van der Waals surface area contributed by atoms with Crippen molar-refractivity contribution in [1.29, 1.82) is 0 Å². The van der Waals surface area contributed by atoms with Gasteiger partial charge in [0.15, 0.2) is 0 Å². The molecule has 0 N–H and O–H groups in total. The van der Waals surface area contributed by atoms with Crippen LogP contribution in [-0.4, -0.2) is 17.5 Å². The van der Waals surface area contributed by atoms with Crippen molar-refractivity contribution < 1.29 is 14.3 Å². The average molecular weight is 448 g/mol. The van der Waals surface area contributed by atoms with Crippen molar-refractivity contribution in [3.8, 4) is 11.1 Å². The molecular formula is C27H26ClNO3. The van der Waals surface area contributed by atoms with Crippen molar-refractivity contribution in [1.82, 2.24) is 0 Å². The number of carbonyl (C=O) groups is 2. The molecule has 0 aliphatic carbocycles. The molecule has 1 unspecified atom stereocenters. The van der Waals surface area contributed by atoms with Gasteiger partial charge in [-0.3, -0.25) is 9.59 Å². The molecule has 32 heavy (non-hydrogen) atoms. The summed E-state index contributed by atoms with van der Waals surface area (Å²) in [6, 6.07) is 21.0. The van der Waals surface area contributed by atoms with Crippen molar-refractivity contribution in [2.24, 2.45) is 0 Å². The Hall–Kier alpha value is -3.11. The Balaban J connectivity index is 1.57. The van der Waals surface area contributed by atoms with E-state index >= 15 is 0 Å². The van der Waals surface area contributed by atoms with Crippen LogP contribution in [0.15, 0.2) is 66.7 Å². The van der Waals surface area contributed by atoms with Gasteiger partial charge in [-0.05, 0) is 80.3 Å². The van der Waals surface area contributed by atoms with Gasteiger partial charge in [-0.15, -0.1) is 0 Å². The van der Waals surface area contributed by atoms with Gasteiger partial charge in [0.05, 0.1) is 12.5 Å². The Morgan fingerprint density at radius 3 is 2.22 bits per heavy atom. The van der Waals surface area contributed by atoms with Gasteiger partial charge in [0, 0.05) is 16.3 Å². The van der Waals surface area contributed by atoms with Gasteiger partial charge in [0.2, 0.25) is 0 Å². The third kappa shape index (κ3) is 4.42. The van der Waals surface area contributed by atoms with E-state index in [0.717, 1.165) is 27.9 Å². The molecular weight excluding hydrogens is 422 g/mol. The lowest BCUT2D eigenvalue weighted by molar-refractivity contribution is -0.156. The fourth-order valence-corrected chi connectivity index (χ4v) is 4.04. The summed E-state index contributed by atoms with van der Waals surface area (Å²) in [4.78, 5) is 27.3. The fraction of sp³-hybridized carbons (Fsp3) is 0.259. The molecule has 0 saturated carbocycles. The van der Waals surface area contributed by atoms with Crippen LogP contribution in [0.4, 0.5) is 5.69 Å². The van der Waals surface area contributed by atoms with Crippen molar-refractivity contribution in [2.45, 2.75) is 45.8 Å². The number of hydrogen-bond acceptors (Lipinski definition) is 3. The second-order valence-electron chi connectivity index (χ2n) is 9.08. The van der Waals surface area contributed by atoms with E-state index < -0.39 is 5.60 Å². The molecule has 3 aromatic carbocycles. The summed E-state index contributed by atoms with van der Waals surface area (Å²) in [6.07, 6.45) is 0. The summed E-state index contributed by atoms with van der Waals surface area (Å²) in [6.45, 7) is 7.90. The van der Waals surface area contributed by atoms with Crippen molar-refractivity contribution >= 4 is 29.2 Å². The van der Waals surface area contributed by atoms with Gasteiger partial charge in [-0.25, -0.2) is 0 Å². The van der Waals surface area contributed by atoms with Crippen LogP contribution in [0.3, 0.4) is 0 Å². The summed E-state index contributed by atoms with van der Waals surface area (Å²) in [5.41, 5.74) is 4.91. The Morgan fingerprint density at radius 1 is 0.969 bits per heavy atom. The molecule has 1 heterocycles. The predicted octanol–water partition coefficient (Wildman–Crippen LogP) is 6.61. The molecule has 0 aromatic heterocycles. The maximum absolute atomic E-state index is 13.1. The molecule has 1 aliphatic rings. The SMILES string of the molecule is CC(C(=O)OC(C)(C)C)c1ccc(N2Cc3c(cccc3-c3ccc(Cl)cc3)C2=O)cc1. The molecule has 4 rings (SSSR count). The number of carbonyl (C=O) groups excluding carboxylic acids is 2. The van der Waals surface area contributed by atoms with Crippen molar-refractivity contribution in [2.75, 3.05) is 4.90 Å². The Kier molecular flexibility index (Phi) is 5.83. The first-order valence-corrected chi connectivity index (χ1v) is 11.0. The van der Waals surface area contributed by atoms with Crippen LogP contribution in [-0.2, 0) is 16.1 Å². The lowest BCUT2D eigenvalue weighted by Gasteiger charge is -2.23. The third-order valence-corrected chi connectivity index (χ3v) is 5.84. The molecule has 4 nitrogen and oxygen atoms in total. The lowest BCUT2D eigenvalue weighted by atomic mass is 9.97. The number of nitrogens with zero attached hydrogens (tertiary/aromatic N) is 1. The van der Waals surface area contributed by atoms with E-state index in [1.54, 1.807) is 4.90 Å². The number of rotatable bonds is 4. The number of halogens is 1.